The van der Waals surface area contributed by atoms with E-state index in [1.54, 1.807) is 12.3 Å². The number of nitrogens with zero attached hydrogens (tertiary/aromatic N) is 1. The number of nitrogens with one attached hydrogen (secondary N) is 2. The molecule has 0 amide bonds. The van der Waals surface area contributed by atoms with Crippen LogP contribution in [0.15, 0.2) is 17.1 Å². The van der Waals surface area contributed by atoms with Crippen LogP contribution in [-0.2, 0) is 0 Å². The Hall–Kier alpha value is -1.58. The predicted octanol–water partition coefficient (Wildman–Crippen LogP) is 1.37. The Kier molecular flexibility index (Phi) is 1.69. The van der Waals surface area contributed by atoms with E-state index in [-0.39, 0.29) is 11.5 Å². The van der Waals surface area contributed by atoms with Crippen LogP contribution in [0.25, 0.3) is 11.0 Å². The maximum Gasteiger partial charge on any atom is 0.260 e. The van der Waals surface area contributed by atoms with E-state index >= 15 is 0 Å². The number of H-pyrrole nitrogens is 2. The third-order valence-electron chi connectivity index (χ3n) is 1.99. The fourth-order valence-electron chi connectivity index (χ4n) is 1.24. The summed E-state index contributed by atoms with van der Waals surface area (Å²) in [5, 5.41) is 0.615. The summed E-state index contributed by atoms with van der Waals surface area (Å²) in [5.74, 6) is 0.959. The lowest BCUT2D eigenvalue weighted by atomic mass is 10.2. The van der Waals surface area contributed by atoms with Crippen LogP contribution in [0.2, 0.25) is 0 Å². The quantitative estimate of drug-likeness (QED) is 0.691. The molecule has 0 aliphatic heterocycles. The molecule has 0 fully saturated rings. The Labute approximate surface area is 75.0 Å². The molecule has 0 aliphatic rings. The van der Waals surface area contributed by atoms with Crippen molar-refractivity contribution in [3.8, 4) is 0 Å². The number of hydrogen-bond acceptors (Lipinski definition) is 2. The summed E-state index contributed by atoms with van der Waals surface area (Å²) in [6.07, 6.45) is 1.72. The molecule has 4 nitrogen and oxygen atoms in total. The zero-order chi connectivity index (χ0) is 9.42. The standard InChI is InChI=1S/C9H11N3O/c1-5(2)7-11-8-6(3-4-10-8)9(13)12-7/h3-5H,1-2H3,(H2,10,11,12,13). The van der Waals surface area contributed by atoms with Crippen molar-refractivity contribution in [3.63, 3.8) is 0 Å². The Morgan fingerprint density at radius 2 is 2.23 bits per heavy atom. The number of rotatable bonds is 1. The van der Waals surface area contributed by atoms with E-state index in [4.69, 9.17) is 0 Å². The lowest BCUT2D eigenvalue weighted by Crippen LogP contribution is -2.11. The smallest absolute Gasteiger partial charge is 0.260 e. The van der Waals surface area contributed by atoms with Crippen molar-refractivity contribution in [1.82, 2.24) is 15.0 Å². The van der Waals surface area contributed by atoms with Gasteiger partial charge in [0.25, 0.3) is 5.56 Å². The first-order valence-corrected chi connectivity index (χ1v) is 4.26. The SMILES string of the molecule is CC(C)c1nc2[nH]ccc2c(=O)[nH]1. The Balaban J connectivity index is 2.77. The normalized spacial score (nSPS) is 11.3. The van der Waals surface area contributed by atoms with E-state index in [9.17, 15) is 4.79 Å². The molecular formula is C9H11N3O. The van der Waals surface area contributed by atoms with Gasteiger partial charge >= 0.3 is 0 Å². The van der Waals surface area contributed by atoms with Crippen LogP contribution in [0, 0.1) is 0 Å². The first-order chi connectivity index (χ1) is 6.18. The predicted molar refractivity (Wildman–Crippen MR) is 50.8 cm³/mol. The van der Waals surface area contributed by atoms with Crippen molar-refractivity contribution in [2.75, 3.05) is 0 Å². The van der Waals surface area contributed by atoms with Crippen molar-refractivity contribution >= 4 is 11.0 Å². The van der Waals surface area contributed by atoms with Gasteiger partial charge in [-0.1, -0.05) is 13.8 Å². The molecule has 0 unspecified atom stereocenters. The molecule has 0 saturated carbocycles. The third-order valence-corrected chi connectivity index (χ3v) is 1.99. The summed E-state index contributed by atoms with van der Waals surface area (Å²) in [4.78, 5) is 21.4. The minimum absolute atomic E-state index is 0.0741. The number of aromatic nitrogens is 3. The molecule has 0 atom stereocenters. The van der Waals surface area contributed by atoms with E-state index in [0.717, 1.165) is 5.82 Å². The molecule has 0 aromatic carbocycles. The molecule has 2 N–H and O–H groups in total. The molecule has 0 radical (unpaired) electrons. The molecular weight excluding hydrogens is 166 g/mol. The molecule has 2 aromatic rings. The van der Waals surface area contributed by atoms with Crippen LogP contribution < -0.4 is 5.56 Å². The molecule has 13 heavy (non-hydrogen) atoms. The van der Waals surface area contributed by atoms with Crippen LogP contribution in [0.4, 0.5) is 0 Å². The molecule has 0 aliphatic carbocycles. The second kappa shape index (κ2) is 2.73. The fraction of sp³-hybridized carbons (Fsp3) is 0.333. The van der Waals surface area contributed by atoms with E-state index in [0.29, 0.717) is 11.0 Å². The minimum Gasteiger partial charge on any atom is -0.346 e. The molecule has 68 valence electrons. The number of fused-ring (bicyclic) bond motifs is 1. The summed E-state index contributed by atoms with van der Waals surface area (Å²) in [5.41, 5.74) is 0.586. The Morgan fingerprint density at radius 3 is 2.92 bits per heavy atom. The second-order valence-electron chi connectivity index (χ2n) is 3.35. The highest BCUT2D eigenvalue weighted by Crippen LogP contribution is 2.09. The zero-order valence-electron chi connectivity index (χ0n) is 7.59. The third kappa shape index (κ3) is 1.24. The summed E-state index contributed by atoms with van der Waals surface area (Å²) in [6.45, 7) is 3.99. The van der Waals surface area contributed by atoms with Gasteiger partial charge in [0.05, 0.1) is 5.39 Å². The lowest BCUT2D eigenvalue weighted by molar-refractivity contribution is 0.775. The molecule has 4 heteroatoms. The zero-order valence-corrected chi connectivity index (χ0v) is 7.59. The highest BCUT2D eigenvalue weighted by molar-refractivity contribution is 5.73. The van der Waals surface area contributed by atoms with Crippen LogP contribution >= 0.6 is 0 Å². The lowest BCUT2D eigenvalue weighted by Gasteiger charge is -2.02. The summed E-state index contributed by atoms with van der Waals surface area (Å²) >= 11 is 0. The molecule has 2 aromatic heterocycles. The summed E-state index contributed by atoms with van der Waals surface area (Å²) in [6, 6.07) is 1.73. The van der Waals surface area contributed by atoms with Crippen LogP contribution in [-0.4, -0.2) is 15.0 Å². The van der Waals surface area contributed by atoms with Crippen molar-refractivity contribution < 1.29 is 0 Å². The van der Waals surface area contributed by atoms with Gasteiger partial charge in [-0.3, -0.25) is 4.79 Å². The van der Waals surface area contributed by atoms with E-state index in [2.05, 4.69) is 15.0 Å². The Bertz CT molecular complexity index is 481. The van der Waals surface area contributed by atoms with Gasteiger partial charge < -0.3 is 9.97 Å². The molecule has 0 spiro atoms. The maximum atomic E-state index is 11.4. The van der Waals surface area contributed by atoms with Crippen molar-refractivity contribution in [2.45, 2.75) is 19.8 Å². The van der Waals surface area contributed by atoms with Gasteiger partial charge in [-0.2, -0.15) is 0 Å². The minimum atomic E-state index is -0.0741. The maximum absolute atomic E-state index is 11.4. The topological polar surface area (TPSA) is 61.5 Å². The molecule has 2 rings (SSSR count). The summed E-state index contributed by atoms with van der Waals surface area (Å²) in [7, 11) is 0. The van der Waals surface area contributed by atoms with Gasteiger partial charge in [0.1, 0.15) is 11.5 Å². The highest BCUT2D eigenvalue weighted by Gasteiger charge is 2.06. The van der Waals surface area contributed by atoms with Gasteiger partial charge in [0, 0.05) is 12.1 Å². The molecule has 0 saturated heterocycles. The van der Waals surface area contributed by atoms with Gasteiger partial charge in [-0.25, -0.2) is 4.98 Å². The van der Waals surface area contributed by atoms with E-state index in [1.807, 2.05) is 13.8 Å². The second-order valence-corrected chi connectivity index (χ2v) is 3.35. The summed E-state index contributed by atoms with van der Waals surface area (Å²) < 4.78 is 0. The van der Waals surface area contributed by atoms with Crippen LogP contribution in [0.1, 0.15) is 25.6 Å². The average molecular weight is 177 g/mol. The largest absolute Gasteiger partial charge is 0.346 e. The number of aromatic amines is 2. The van der Waals surface area contributed by atoms with E-state index in [1.165, 1.54) is 0 Å². The monoisotopic (exact) mass is 177 g/mol. The first-order valence-electron chi connectivity index (χ1n) is 4.26. The van der Waals surface area contributed by atoms with Gasteiger partial charge in [0.15, 0.2) is 0 Å². The van der Waals surface area contributed by atoms with Crippen LogP contribution in [0.3, 0.4) is 0 Å². The van der Waals surface area contributed by atoms with Crippen LogP contribution in [0.5, 0.6) is 0 Å². The Morgan fingerprint density at radius 1 is 1.46 bits per heavy atom. The average Bonchev–Trinajstić information content (AvgIpc) is 2.51. The van der Waals surface area contributed by atoms with Crippen molar-refractivity contribution in [2.24, 2.45) is 0 Å². The highest BCUT2D eigenvalue weighted by atomic mass is 16.1. The molecule has 2 heterocycles. The first kappa shape index (κ1) is 8.04. The fourth-order valence-corrected chi connectivity index (χ4v) is 1.24. The van der Waals surface area contributed by atoms with E-state index < -0.39 is 0 Å². The number of hydrogen-bond donors (Lipinski definition) is 2. The van der Waals surface area contributed by atoms with Crippen molar-refractivity contribution in [1.29, 1.82) is 0 Å². The molecule has 0 bridgehead atoms. The van der Waals surface area contributed by atoms with Crippen molar-refractivity contribution in [3.05, 3.63) is 28.4 Å². The van der Waals surface area contributed by atoms with Gasteiger partial charge in [0.2, 0.25) is 0 Å². The van der Waals surface area contributed by atoms with Gasteiger partial charge in [-0.05, 0) is 6.07 Å². The van der Waals surface area contributed by atoms with Gasteiger partial charge in [-0.15, -0.1) is 0 Å².